The fraction of sp³-hybridized carbons (Fsp3) is 0.450. The number of nitrogens with zero attached hydrogens (tertiary/aromatic N) is 2. The molecule has 0 N–H and O–H groups in total. The highest BCUT2D eigenvalue weighted by Gasteiger charge is 2.26. The van der Waals surface area contributed by atoms with Crippen molar-refractivity contribution >= 4 is 5.91 Å². The standard InChI is InChI=1S/C20H26N2O3/c1-15-6-4-8-19(16(15)2)25-17(3)20(23)22-11-9-21(10-12-22)14-18-7-5-13-24-18/h4-8,13,17H,9-12,14H2,1-3H3/t17-/m0/s1. The Morgan fingerprint density at radius 1 is 1.16 bits per heavy atom. The third-order valence-corrected chi connectivity index (χ3v) is 4.85. The quantitative estimate of drug-likeness (QED) is 0.838. The van der Waals surface area contributed by atoms with E-state index in [0.29, 0.717) is 0 Å². The molecule has 2 aromatic rings. The van der Waals surface area contributed by atoms with Crippen molar-refractivity contribution in [3.05, 3.63) is 53.5 Å². The van der Waals surface area contributed by atoms with E-state index in [0.717, 1.165) is 49.8 Å². The number of piperazine rings is 1. The Balaban J connectivity index is 1.52. The molecule has 0 unspecified atom stereocenters. The van der Waals surface area contributed by atoms with Crippen molar-refractivity contribution < 1.29 is 13.9 Å². The van der Waals surface area contributed by atoms with E-state index in [4.69, 9.17) is 9.15 Å². The van der Waals surface area contributed by atoms with Gasteiger partial charge in [0.25, 0.3) is 5.91 Å². The summed E-state index contributed by atoms with van der Waals surface area (Å²) in [5.41, 5.74) is 2.26. The molecule has 1 aliphatic heterocycles. The minimum atomic E-state index is -0.475. The Bertz CT molecular complexity index is 704. The van der Waals surface area contributed by atoms with Gasteiger partial charge in [-0.25, -0.2) is 0 Å². The van der Waals surface area contributed by atoms with Crippen LogP contribution in [0.15, 0.2) is 41.0 Å². The van der Waals surface area contributed by atoms with Crippen LogP contribution >= 0.6 is 0 Å². The van der Waals surface area contributed by atoms with Crippen molar-refractivity contribution in [3.63, 3.8) is 0 Å². The zero-order valence-corrected chi connectivity index (χ0v) is 15.2. The molecular formula is C20H26N2O3. The van der Waals surface area contributed by atoms with E-state index in [1.165, 1.54) is 5.56 Å². The lowest BCUT2D eigenvalue weighted by Crippen LogP contribution is -2.51. The first kappa shape index (κ1) is 17.5. The van der Waals surface area contributed by atoms with Gasteiger partial charge in [0.05, 0.1) is 12.8 Å². The molecule has 5 heteroatoms. The normalized spacial score (nSPS) is 16.7. The number of aryl methyl sites for hydroxylation is 1. The Morgan fingerprint density at radius 3 is 2.60 bits per heavy atom. The molecule has 2 heterocycles. The molecule has 0 aliphatic carbocycles. The van der Waals surface area contributed by atoms with Gasteiger partial charge in [0, 0.05) is 26.2 Å². The predicted molar refractivity (Wildman–Crippen MR) is 96.6 cm³/mol. The molecule has 1 amide bonds. The first-order chi connectivity index (χ1) is 12.0. The van der Waals surface area contributed by atoms with Crippen molar-refractivity contribution in [1.82, 2.24) is 9.80 Å². The van der Waals surface area contributed by atoms with Crippen molar-refractivity contribution in [1.29, 1.82) is 0 Å². The van der Waals surface area contributed by atoms with Crippen LogP contribution in [-0.4, -0.2) is 48.0 Å². The van der Waals surface area contributed by atoms with Gasteiger partial charge in [0.2, 0.25) is 0 Å². The molecular weight excluding hydrogens is 316 g/mol. The highest BCUT2D eigenvalue weighted by molar-refractivity contribution is 5.81. The summed E-state index contributed by atoms with van der Waals surface area (Å²) in [6.45, 7) is 9.84. The maximum Gasteiger partial charge on any atom is 0.263 e. The lowest BCUT2D eigenvalue weighted by Gasteiger charge is -2.35. The Kier molecular flexibility index (Phi) is 5.43. The lowest BCUT2D eigenvalue weighted by atomic mass is 10.1. The molecule has 1 aromatic heterocycles. The fourth-order valence-corrected chi connectivity index (χ4v) is 3.10. The topological polar surface area (TPSA) is 45.9 Å². The van der Waals surface area contributed by atoms with Crippen LogP contribution in [0.5, 0.6) is 5.75 Å². The SMILES string of the molecule is Cc1cccc(O[C@@H](C)C(=O)N2CCN(Cc3ccco3)CC2)c1C. The van der Waals surface area contributed by atoms with Crippen LogP contribution in [0.4, 0.5) is 0 Å². The van der Waals surface area contributed by atoms with Gasteiger partial charge in [-0.05, 0) is 50.1 Å². The summed E-state index contributed by atoms with van der Waals surface area (Å²) in [4.78, 5) is 16.9. The second-order valence-corrected chi connectivity index (χ2v) is 6.64. The van der Waals surface area contributed by atoms with Crippen molar-refractivity contribution in [2.45, 2.75) is 33.4 Å². The van der Waals surface area contributed by atoms with Gasteiger partial charge in [-0.15, -0.1) is 0 Å². The zero-order chi connectivity index (χ0) is 17.8. The Morgan fingerprint density at radius 2 is 1.92 bits per heavy atom. The van der Waals surface area contributed by atoms with Gasteiger partial charge >= 0.3 is 0 Å². The Hall–Kier alpha value is -2.27. The number of ether oxygens (including phenoxy) is 1. The van der Waals surface area contributed by atoms with Gasteiger partial charge in [-0.3, -0.25) is 9.69 Å². The first-order valence-corrected chi connectivity index (χ1v) is 8.81. The molecule has 0 saturated carbocycles. The van der Waals surface area contributed by atoms with Crippen LogP contribution < -0.4 is 4.74 Å². The number of furan rings is 1. The first-order valence-electron chi connectivity index (χ1n) is 8.81. The molecule has 1 atom stereocenters. The second kappa shape index (κ2) is 7.74. The molecule has 1 aromatic carbocycles. The Labute approximate surface area is 149 Å². The number of hydrogen-bond acceptors (Lipinski definition) is 4. The van der Waals surface area contributed by atoms with Crippen molar-refractivity contribution in [3.8, 4) is 5.75 Å². The summed E-state index contributed by atoms with van der Waals surface area (Å²) in [5, 5.41) is 0. The summed E-state index contributed by atoms with van der Waals surface area (Å²) < 4.78 is 11.3. The fourth-order valence-electron chi connectivity index (χ4n) is 3.10. The number of amides is 1. The summed E-state index contributed by atoms with van der Waals surface area (Å²) in [5.74, 6) is 1.81. The minimum absolute atomic E-state index is 0.0542. The summed E-state index contributed by atoms with van der Waals surface area (Å²) in [6, 6.07) is 9.82. The summed E-state index contributed by atoms with van der Waals surface area (Å²) in [7, 11) is 0. The van der Waals surface area contributed by atoms with Gasteiger partial charge in [-0.1, -0.05) is 12.1 Å². The maximum absolute atomic E-state index is 12.7. The van der Waals surface area contributed by atoms with Crippen molar-refractivity contribution in [2.75, 3.05) is 26.2 Å². The maximum atomic E-state index is 12.7. The number of carbonyl (C=O) groups is 1. The highest BCUT2D eigenvalue weighted by Crippen LogP contribution is 2.22. The van der Waals surface area contributed by atoms with E-state index in [2.05, 4.69) is 4.90 Å². The van der Waals surface area contributed by atoms with E-state index < -0.39 is 6.10 Å². The van der Waals surface area contributed by atoms with Crippen LogP contribution in [0.1, 0.15) is 23.8 Å². The monoisotopic (exact) mass is 342 g/mol. The van der Waals surface area contributed by atoms with E-state index in [1.54, 1.807) is 6.26 Å². The molecule has 25 heavy (non-hydrogen) atoms. The van der Waals surface area contributed by atoms with Gasteiger partial charge in [0.15, 0.2) is 6.10 Å². The summed E-state index contributed by atoms with van der Waals surface area (Å²) >= 11 is 0. The van der Waals surface area contributed by atoms with E-state index in [1.807, 2.05) is 56.0 Å². The molecule has 1 saturated heterocycles. The van der Waals surface area contributed by atoms with Gasteiger partial charge in [-0.2, -0.15) is 0 Å². The van der Waals surface area contributed by atoms with E-state index in [-0.39, 0.29) is 5.91 Å². The molecule has 0 radical (unpaired) electrons. The highest BCUT2D eigenvalue weighted by atomic mass is 16.5. The van der Waals surface area contributed by atoms with E-state index >= 15 is 0 Å². The lowest BCUT2D eigenvalue weighted by molar-refractivity contribution is -0.139. The van der Waals surface area contributed by atoms with Crippen LogP contribution in [0.3, 0.4) is 0 Å². The predicted octanol–water partition coefficient (Wildman–Crippen LogP) is 3.01. The van der Waals surface area contributed by atoms with Crippen LogP contribution in [0, 0.1) is 13.8 Å². The second-order valence-electron chi connectivity index (χ2n) is 6.64. The minimum Gasteiger partial charge on any atom is -0.481 e. The smallest absolute Gasteiger partial charge is 0.263 e. The number of carbonyl (C=O) groups excluding carboxylic acids is 1. The number of hydrogen-bond donors (Lipinski definition) is 0. The molecule has 134 valence electrons. The van der Waals surface area contributed by atoms with Gasteiger partial charge < -0.3 is 14.1 Å². The third-order valence-electron chi connectivity index (χ3n) is 4.85. The third kappa shape index (κ3) is 4.23. The largest absolute Gasteiger partial charge is 0.481 e. The average molecular weight is 342 g/mol. The van der Waals surface area contributed by atoms with E-state index in [9.17, 15) is 4.79 Å². The van der Waals surface area contributed by atoms with Crippen molar-refractivity contribution in [2.24, 2.45) is 0 Å². The van der Waals surface area contributed by atoms with Crippen LogP contribution in [-0.2, 0) is 11.3 Å². The molecule has 1 fully saturated rings. The molecule has 0 bridgehead atoms. The average Bonchev–Trinajstić information content (AvgIpc) is 3.12. The summed E-state index contributed by atoms with van der Waals surface area (Å²) in [6.07, 6.45) is 1.22. The molecule has 0 spiro atoms. The molecule has 5 nitrogen and oxygen atoms in total. The molecule has 1 aliphatic rings. The van der Waals surface area contributed by atoms with Gasteiger partial charge in [0.1, 0.15) is 11.5 Å². The van der Waals surface area contributed by atoms with Crippen LogP contribution in [0.2, 0.25) is 0 Å². The van der Waals surface area contributed by atoms with Crippen LogP contribution in [0.25, 0.3) is 0 Å². The number of benzene rings is 1. The zero-order valence-electron chi connectivity index (χ0n) is 15.2. The molecule has 3 rings (SSSR count). The number of rotatable bonds is 5.